The standard InChI is InChI=1S/C14H18N4O2/c15-9-12-8-11(10-20-12)14(19)18-7-3-6-17-13-4-1-2-5-16-13/h1-2,4-5,8,10H,3,6-7,9,15H2,(H,16,17)(H,18,19). The van der Waals surface area contributed by atoms with E-state index in [2.05, 4.69) is 15.6 Å². The molecule has 0 aliphatic rings. The normalized spacial score (nSPS) is 10.2. The lowest BCUT2D eigenvalue weighted by Gasteiger charge is -2.05. The molecule has 2 rings (SSSR count). The van der Waals surface area contributed by atoms with Gasteiger partial charge in [-0.05, 0) is 24.6 Å². The van der Waals surface area contributed by atoms with Gasteiger partial charge in [0.05, 0.1) is 12.1 Å². The number of furan rings is 1. The largest absolute Gasteiger partial charge is 0.467 e. The van der Waals surface area contributed by atoms with Gasteiger partial charge in [-0.1, -0.05) is 6.07 Å². The van der Waals surface area contributed by atoms with Gasteiger partial charge < -0.3 is 20.8 Å². The van der Waals surface area contributed by atoms with E-state index in [4.69, 9.17) is 10.2 Å². The zero-order valence-corrected chi connectivity index (χ0v) is 11.1. The summed E-state index contributed by atoms with van der Waals surface area (Å²) in [5.41, 5.74) is 5.92. The SMILES string of the molecule is NCc1cc(C(=O)NCCCNc2ccccn2)co1. The highest BCUT2D eigenvalue weighted by atomic mass is 16.3. The summed E-state index contributed by atoms with van der Waals surface area (Å²) in [7, 11) is 0. The summed E-state index contributed by atoms with van der Waals surface area (Å²) in [6.07, 6.45) is 3.96. The van der Waals surface area contributed by atoms with Crippen LogP contribution in [0.1, 0.15) is 22.5 Å². The molecule has 0 atom stereocenters. The number of amides is 1. The molecular formula is C14H18N4O2. The second-order valence-corrected chi connectivity index (χ2v) is 4.26. The Morgan fingerprint density at radius 3 is 2.95 bits per heavy atom. The summed E-state index contributed by atoms with van der Waals surface area (Å²) in [4.78, 5) is 15.9. The van der Waals surface area contributed by atoms with Crippen LogP contribution < -0.4 is 16.4 Å². The van der Waals surface area contributed by atoms with Crippen molar-refractivity contribution in [2.75, 3.05) is 18.4 Å². The quantitative estimate of drug-likeness (QED) is 0.663. The van der Waals surface area contributed by atoms with Crippen LogP contribution in [0.3, 0.4) is 0 Å². The van der Waals surface area contributed by atoms with E-state index in [1.807, 2.05) is 18.2 Å². The van der Waals surface area contributed by atoms with Gasteiger partial charge in [0.25, 0.3) is 5.91 Å². The Labute approximate surface area is 117 Å². The minimum absolute atomic E-state index is 0.147. The zero-order valence-electron chi connectivity index (χ0n) is 11.1. The number of anilines is 1. The van der Waals surface area contributed by atoms with Gasteiger partial charge in [0.2, 0.25) is 0 Å². The third-order valence-electron chi connectivity index (χ3n) is 2.73. The van der Waals surface area contributed by atoms with Crippen molar-refractivity contribution in [1.82, 2.24) is 10.3 Å². The lowest BCUT2D eigenvalue weighted by Crippen LogP contribution is -2.25. The fourth-order valence-electron chi connectivity index (χ4n) is 1.68. The van der Waals surface area contributed by atoms with E-state index >= 15 is 0 Å². The maximum Gasteiger partial charge on any atom is 0.254 e. The van der Waals surface area contributed by atoms with Crippen molar-refractivity contribution in [3.05, 3.63) is 48.0 Å². The monoisotopic (exact) mass is 274 g/mol. The molecule has 20 heavy (non-hydrogen) atoms. The summed E-state index contributed by atoms with van der Waals surface area (Å²) >= 11 is 0. The Hall–Kier alpha value is -2.34. The molecule has 6 heteroatoms. The maximum absolute atomic E-state index is 11.8. The van der Waals surface area contributed by atoms with Crippen LogP contribution in [0.5, 0.6) is 0 Å². The molecule has 6 nitrogen and oxygen atoms in total. The Morgan fingerprint density at radius 2 is 2.25 bits per heavy atom. The first kappa shape index (κ1) is 14.1. The third-order valence-corrected chi connectivity index (χ3v) is 2.73. The van der Waals surface area contributed by atoms with E-state index in [-0.39, 0.29) is 5.91 Å². The predicted molar refractivity (Wildman–Crippen MR) is 76.3 cm³/mol. The molecule has 0 radical (unpaired) electrons. The Morgan fingerprint density at radius 1 is 1.35 bits per heavy atom. The minimum atomic E-state index is -0.147. The van der Waals surface area contributed by atoms with E-state index in [0.29, 0.717) is 24.4 Å². The molecule has 0 aromatic carbocycles. The van der Waals surface area contributed by atoms with Gasteiger partial charge in [-0.15, -0.1) is 0 Å². The number of pyridine rings is 1. The number of carbonyl (C=O) groups is 1. The number of rotatable bonds is 7. The number of nitrogens with two attached hydrogens (primary N) is 1. The molecule has 2 heterocycles. The summed E-state index contributed by atoms with van der Waals surface area (Å²) in [6, 6.07) is 7.34. The number of hydrogen-bond acceptors (Lipinski definition) is 5. The molecule has 0 unspecified atom stereocenters. The van der Waals surface area contributed by atoms with Crippen LogP contribution in [0.15, 0.2) is 41.1 Å². The van der Waals surface area contributed by atoms with Gasteiger partial charge in [-0.3, -0.25) is 4.79 Å². The van der Waals surface area contributed by atoms with Crippen molar-refractivity contribution in [2.45, 2.75) is 13.0 Å². The van der Waals surface area contributed by atoms with Crippen LogP contribution in [0.4, 0.5) is 5.82 Å². The van der Waals surface area contributed by atoms with Crippen LogP contribution in [-0.4, -0.2) is 24.0 Å². The highest BCUT2D eigenvalue weighted by Gasteiger charge is 2.08. The maximum atomic E-state index is 11.8. The number of nitrogens with zero attached hydrogens (tertiary/aromatic N) is 1. The molecule has 1 amide bonds. The number of aromatic nitrogens is 1. The summed E-state index contributed by atoms with van der Waals surface area (Å²) in [5.74, 6) is 1.29. The van der Waals surface area contributed by atoms with Crippen LogP contribution in [0.25, 0.3) is 0 Å². The molecule has 2 aromatic rings. The van der Waals surface area contributed by atoms with E-state index in [0.717, 1.165) is 18.8 Å². The molecule has 0 saturated heterocycles. The van der Waals surface area contributed by atoms with Crippen molar-refractivity contribution in [2.24, 2.45) is 5.73 Å². The van der Waals surface area contributed by atoms with Gasteiger partial charge in [0.15, 0.2) is 0 Å². The molecule has 0 fully saturated rings. The fourth-order valence-corrected chi connectivity index (χ4v) is 1.68. The molecular weight excluding hydrogens is 256 g/mol. The number of nitrogens with one attached hydrogen (secondary N) is 2. The second-order valence-electron chi connectivity index (χ2n) is 4.26. The van der Waals surface area contributed by atoms with Crippen LogP contribution >= 0.6 is 0 Å². The smallest absolute Gasteiger partial charge is 0.254 e. The summed E-state index contributed by atoms with van der Waals surface area (Å²) in [6.45, 7) is 1.62. The molecule has 0 aliphatic heterocycles. The average molecular weight is 274 g/mol. The van der Waals surface area contributed by atoms with Crippen molar-refractivity contribution in [3.63, 3.8) is 0 Å². The predicted octanol–water partition coefficient (Wildman–Crippen LogP) is 1.37. The van der Waals surface area contributed by atoms with E-state index in [1.54, 1.807) is 12.3 Å². The summed E-state index contributed by atoms with van der Waals surface area (Å²) < 4.78 is 5.11. The molecule has 2 aromatic heterocycles. The van der Waals surface area contributed by atoms with Gasteiger partial charge in [0, 0.05) is 19.3 Å². The van der Waals surface area contributed by atoms with Gasteiger partial charge in [-0.25, -0.2) is 4.98 Å². The minimum Gasteiger partial charge on any atom is -0.467 e. The molecule has 0 bridgehead atoms. The number of carbonyl (C=O) groups excluding carboxylic acids is 1. The lowest BCUT2D eigenvalue weighted by molar-refractivity contribution is 0.0953. The Kier molecular flexibility index (Phi) is 5.14. The van der Waals surface area contributed by atoms with Crippen molar-refractivity contribution in [3.8, 4) is 0 Å². The van der Waals surface area contributed by atoms with Gasteiger partial charge >= 0.3 is 0 Å². The van der Waals surface area contributed by atoms with Gasteiger partial charge in [-0.2, -0.15) is 0 Å². The van der Waals surface area contributed by atoms with E-state index < -0.39 is 0 Å². The first-order valence-corrected chi connectivity index (χ1v) is 6.50. The lowest BCUT2D eigenvalue weighted by atomic mass is 10.3. The van der Waals surface area contributed by atoms with Crippen LogP contribution in [-0.2, 0) is 6.54 Å². The zero-order chi connectivity index (χ0) is 14.2. The first-order chi connectivity index (χ1) is 9.79. The van der Waals surface area contributed by atoms with Crippen LogP contribution in [0, 0.1) is 0 Å². The highest BCUT2D eigenvalue weighted by molar-refractivity contribution is 5.93. The molecule has 0 spiro atoms. The molecule has 0 saturated carbocycles. The molecule has 0 aliphatic carbocycles. The van der Waals surface area contributed by atoms with E-state index in [9.17, 15) is 4.79 Å². The van der Waals surface area contributed by atoms with Crippen molar-refractivity contribution < 1.29 is 9.21 Å². The Balaban J connectivity index is 1.64. The van der Waals surface area contributed by atoms with Crippen molar-refractivity contribution >= 4 is 11.7 Å². The highest BCUT2D eigenvalue weighted by Crippen LogP contribution is 2.06. The second kappa shape index (κ2) is 7.30. The third kappa shape index (κ3) is 4.10. The van der Waals surface area contributed by atoms with Gasteiger partial charge in [0.1, 0.15) is 17.8 Å². The Bertz CT molecular complexity index is 539. The fraction of sp³-hybridized carbons (Fsp3) is 0.286. The molecule has 4 N–H and O–H groups in total. The topological polar surface area (TPSA) is 93.2 Å². The van der Waals surface area contributed by atoms with Crippen molar-refractivity contribution in [1.29, 1.82) is 0 Å². The average Bonchev–Trinajstić information content (AvgIpc) is 2.97. The number of hydrogen-bond donors (Lipinski definition) is 3. The van der Waals surface area contributed by atoms with Crippen LogP contribution in [0.2, 0.25) is 0 Å². The van der Waals surface area contributed by atoms with E-state index in [1.165, 1.54) is 6.26 Å². The summed E-state index contributed by atoms with van der Waals surface area (Å²) in [5, 5.41) is 6.00. The molecule has 106 valence electrons. The first-order valence-electron chi connectivity index (χ1n) is 6.50.